The third-order valence-corrected chi connectivity index (χ3v) is 7.84. The smallest absolute Gasteiger partial charge is 0.326 e. The molecule has 0 aromatic heterocycles. The number of nitrogens with two attached hydrogens (primary N) is 1. The average Bonchev–Trinajstić information content (AvgIpc) is 2.78. The van der Waals surface area contributed by atoms with E-state index in [1.54, 1.807) is 37.3 Å². The zero-order chi connectivity index (χ0) is 25.5. The number of allylic oxidation sites excluding steroid dienone is 1. The average molecular weight is 525 g/mol. The molecule has 3 aromatic rings. The number of sulfonamides is 1. The van der Waals surface area contributed by atoms with Crippen LogP contribution in [0, 0.1) is 5.82 Å². The van der Waals surface area contributed by atoms with Crippen molar-refractivity contribution in [3.63, 3.8) is 0 Å². The van der Waals surface area contributed by atoms with E-state index in [4.69, 9.17) is 17.3 Å². The van der Waals surface area contributed by atoms with Crippen LogP contribution < -0.4 is 10.0 Å². The van der Waals surface area contributed by atoms with E-state index in [0.717, 1.165) is 22.5 Å². The Balaban J connectivity index is 1.79. The highest BCUT2D eigenvalue weighted by Gasteiger charge is 2.35. The maximum absolute atomic E-state index is 14.3. The highest BCUT2D eigenvalue weighted by Crippen LogP contribution is 2.36. The molecule has 0 saturated heterocycles. The predicted molar refractivity (Wildman–Crippen MR) is 129 cm³/mol. The van der Waals surface area contributed by atoms with Crippen molar-refractivity contribution >= 4 is 39.0 Å². The number of nitrogens with zero attached hydrogens (tertiary/aromatic N) is 1. The third kappa shape index (κ3) is 5.07. The lowest BCUT2D eigenvalue weighted by atomic mass is 9.97. The van der Waals surface area contributed by atoms with Crippen molar-refractivity contribution in [2.75, 3.05) is 10.8 Å². The Morgan fingerprint density at radius 2 is 1.83 bits per heavy atom. The summed E-state index contributed by atoms with van der Waals surface area (Å²) in [6.45, 7) is 1.58. The number of fused-ring (bicyclic) bond motifs is 1. The molecule has 184 valence electrons. The SMILES string of the molecule is CC(=Cc1ccc2c(c1)N(S(=O)(=O)c1cccc(C(F)(F)F)c1)C[C@H](N)C2)c1c(F)cccc1Cl. The van der Waals surface area contributed by atoms with Gasteiger partial charge in [0.05, 0.1) is 21.2 Å². The van der Waals surface area contributed by atoms with Crippen LogP contribution in [-0.2, 0) is 22.6 Å². The van der Waals surface area contributed by atoms with Crippen LogP contribution in [0.5, 0.6) is 0 Å². The van der Waals surface area contributed by atoms with E-state index in [2.05, 4.69) is 0 Å². The molecule has 0 fully saturated rings. The number of anilines is 1. The van der Waals surface area contributed by atoms with Gasteiger partial charge < -0.3 is 5.73 Å². The van der Waals surface area contributed by atoms with Gasteiger partial charge in [0, 0.05) is 18.2 Å². The fraction of sp³-hybridized carbons (Fsp3) is 0.200. The van der Waals surface area contributed by atoms with Crippen molar-refractivity contribution in [1.29, 1.82) is 0 Å². The molecule has 0 saturated carbocycles. The van der Waals surface area contributed by atoms with Crippen LogP contribution in [0.15, 0.2) is 65.6 Å². The summed E-state index contributed by atoms with van der Waals surface area (Å²) in [7, 11) is -4.35. The molecule has 1 atom stereocenters. The molecule has 4 rings (SSSR count). The van der Waals surface area contributed by atoms with E-state index in [1.165, 1.54) is 12.1 Å². The Hall–Kier alpha value is -2.88. The van der Waals surface area contributed by atoms with Gasteiger partial charge in [-0.05, 0) is 66.4 Å². The van der Waals surface area contributed by atoms with E-state index < -0.39 is 38.5 Å². The van der Waals surface area contributed by atoms with Gasteiger partial charge in [-0.25, -0.2) is 12.8 Å². The molecule has 0 unspecified atom stereocenters. The van der Waals surface area contributed by atoms with Crippen molar-refractivity contribution in [3.05, 3.63) is 93.8 Å². The Morgan fingerprint density at radius 3 is 2.51 bits per heavy atom. The van der Waals surface area contributed by atoms with Gasteiger partial charge >= 0.3 is 6.18 Å². The topological polar surface area (TPSA) is 63.4 Å². The van der Waals surface area contributed by atoms with Crippen LogP contribution in [0.3, 0.4) is 0 Å². The van der Waals surface area contributed by atoms with Crippen molar-refractivity contribution in [3.8, 4) is 0 Å². The Kier molecular flexibility index (Phi) is 6.70. The van der Waals surface area contributed by atoms with E-state index in [1.807, 2.05) is 0 Å². The lowest BCUT2D eigenvalue weighted by Gasteiger charge is -2.34. The van der Waals surface area contributed by atoms with Crippen LogP contribution in [-0.4, -0.2) is 21.0 Å². The third-order valence-electron chi connectivity index (χ3n) is 5.75. The highest BCUT2D eigenvalue weighted by atomic mass is 35.5. The molecule has 0 aliphatic carbocycles. The van der Waals surface area contributed by atoms with E-state index in [9.17, 15) is 26.0 Å². The monoisotopic (exact) mass is 524 g/mol. The van der Waals surface area contributed by atoms with Crippen LogP contribution in [0.1, 0.15) is 29.2 Å². The maximum Gasteiger partial charge on any atom is 0.416 e. The number of hydrogen-bond acceptors (Lipinski definition) is 3. The molecule has 1 heterocycles. The van der Waals surface area contributed by atoms with Gasteiger partial charge in [-0.3, -0.25) is 4.31 Å². The summed E-state index contributed by atoms with van der Waals surface area (Å²) in [6, 6.07) is 12.5. The van der Waals surface area contributed by atoms with Gasteiger partial charge in [0.2, 0.25) is 0 Å². The van der Waals surface area contributed by atoms with Gasteiger partial charge in [0.25, 0.3) is 10.0 Å². The van der Waals surface area contributed by atoms with Crippen molar-refractivity contribution in [1.82, 2.24) is 0 Å². The highest BCUT2D eigenvalue weighted by molar-refractivity contribution is 7.92. The Morgan fingerprint density at radius 1 is 1.11 bits per heavy atom. The second-order valence-electron chi connectivity index (χ2n) is 8.34. The minimum atomic E-state index is -4.69. The summed E-state index contributed by atoms with van der Waals surface area (Å²) < 4.78 is 81.8. The second-order valence-corrected chi connectivity index (χ2v) is 10.6. The minimum absolute atomic E-state index is 0.100. The molecular formula is C25H21ClF4N2O2S. The first kappa shape index (κ1) is 25.2. The largest absolute Gasteiger partial charge is 0.416 e. The minimum Gasteiger partial charge on any atom is -0.326 e. The first-order valence-corrected chi connectivity index (χ1v) is 12.4. The molecule has 4 nitrogen and oxygen atoms in total. The van der Waals surface area contributed by atoms with Gasteiger partial charge in [-0.15, -0.1) is 0 Å². The van der Waals surface area contributed by atoms with Gasteiger partial charge in [-0.1, -0.05) is 41.9 Å². The van der Waals surface area contributed by atoms with Gasteiger partial charge in [0.1, 0.15) is 5.82 Å². The normalized spacial score (nSPS) is 16.8. The quantitative estimate of drug-likeness (QED) is 0.329. The number of hydrogen-bond donors (Lipinski definition) is 1. The fourth-order valence-electron chi connectivity index (χ4n) is 4.12. The lowest BCUT2D eigenvalue weighted by Crippen LogP contribution is -2.46. The summed E-state index contributed by atoms with van der Waals surface area (Å²) in [5.41, 5.74) is 7.29. The van der Waals surface area contributed by atoms with Gasteiger partial charge in [0.15, 0.2) is 0 Å². The van der Waals surface area contributed by atoms with Crippen molar-refractivity contribution < 1.29 is 26.0 Å². The second kappa shape index (κ2) is 9.29. The zero-order valence-electron chi connectivity index (χ0n) is 18.5. The maximum atomic E-state index is 14.3. The molecule has 2 N–H and O–H groups in total. The molecule has 0 radical (unpaired) electrons. The molecule has 10 heteroatoms. The molecule has 0 amide bonds. The van der Waals surface area contributed by atoms with Crippen molar-refractivity contribution in [2.24, 2.45) is 5.73 Å². The Bertz CT molecular complexity index is 1400. The lowest BCUT2D eigenvalue weighted by molar-refractivity contribution is -0.137. The summed E-state index contributed by atoms with van der Waals surface area (Å²) in [4.78, 5) is -0.484. The van der Waals surface area contributed by atoms with E-state index in [-0.39, 0.29) is 17.1 Å². The summed E-state index contributed by atoms with van der Waals surface area (Å²) in [5, 5.41) is 0.233. The molecule has 1 aliphatic heterocycles. The van der Waals surface area contributed by atoms with Crippen LogP contribution >= 0.6 is 11.6 Å². The first-order valence-electron chi connectivity index (χ1n) is 10.6. The number of alkyl halides is 3. The molecule has 3 aromatic carbocycles. The zero-order valence-corrected chi connectivity index (χ0v) is 20.1. The fourth-order valence-corrected chi connectivity index (χ4v) is 6.03. The molecule has 35 heavy (non-hydrogen) atoms. The molecule has 0 bridgehead atoms. The van der Waals surface area contributed by atoms with Crippen LogP contribution in [0.25, 0.3) is 11.6 Å². The molecule has 0 spiro atoms. The van der Waals surface area contributed by atoms with E-state index in [0.29, 0.717) is 34.9 Å². The predicted octanol–water partition coefficient (Wildman–Crippen LogP) is 6.14. The number of rotatable bonds is 4. The van der Waals surface area contributed by atoms with Crippen LogP contribution in [0.4, 0.5) is 23.2 Å². The summed E-state index contributed by atoms with van der Waals surface area (Å²) >= 11 is 6.16. The van der Waals surface area contributed by atoms with E-state index >= 15 is 0 Å². The standard InChI is InChI=1S/C25H21ClF4N2O2S/c1-15(24-21(26)6-3-7-22(24)27)10-16-8-9-17-12-19(31)14-32(23(17)11-16)35(33,34)20-5-2-4-18(13-20)25(28,29)30/h2-11,13,19H,12,14,31H2,1H3/t19-/m1/s1. The molecular weight excluding hydrogens is 504 g/mol. The molecule has 1 aliphatic rings. The number of benzene rings is 3. The number of halogens is 5. The summed E-state index contributed by atoms with van der Waals surface area (Å²) in [6.07, 6.45) is -2.63. The van der Waals surface area contributed by atoms with Crippen molar-refractivity contribution in [2.45, 2.75) is 30.5 Å². The first-order chi connectivity index (χ1) is 16.4. The Labute approximate surface area is 205 Å². The van der Waals surface area contributed by atoms with Gasteiger partial charge in [-0.2, -0.15) is 13.2 Å². The van der Waals surface area contributed by atoms with Crippen LogP contribution in [0.2, 0.25) is 5.02 Å². The summed E-state index contributed by atoms with van der Waals surface area (Å²) in [5.74, 6) is -0.496.